The molecule has 1 N–H and O–H groups in total. The van der Waals surface area contributed by atoms with E-state index in [0.29, 0.717) is 5.92 Å². The Hall–Kier alpha value is -0.210. The zero-order chi connectivity index (χ0) is 15.0. The third-order valence-electron chi connectivity index (χ3n) is 3.36. The molecule has 0 bridgehead atoms. The minimum absolute atomic E-state index is 0.606. The first-order chi connectivity index (χ1) is 10.1. The summed E-state index contributed by atoms with van der Waals surface area (Å²) < 4.78 is 3.21. The highest BCUT2D eigenvalue weighted by atomic mass is 127. The van der Waals surface area contributed by atoms with Crippen molar-refractivity contribution in [2.45, 2.75) is 25.7 Å². The van der Waals surface area contributed by atoms with Gasteiger partial charge in [-0.2, -0.15) is 0 Å². The van der Waals surface area contributed by atoms with E-state index in [1.807, 2.05) is 12.1 Å². The van der Waals surface area contributed by atoms with E-state index in [1.54, 1.807) is 0 Å². The van der Waals surface area contributed by atoms with Gasteiger partial charge in [-0.25, -0.2) is 9.97 Å². The third-order valence-corrected chi connectivity index (χ3v) is 6.31. The second-order valence-electron chi connectivity index (χ2n) is 5.03. The van der Waals surface area contributed by atoms with E-state index in [0.717, 1.165) is 36.3 Å². The number of nitrogens with zero attached hydrogens (tertiary/aromatic N) is 2. The summed E-state index contributed by atoms with van der Waals surface area (Å²) in [6.45, 7) is 2.95. The fourth-order valence-electron chi connectivity index (χ4n) is 2.14. The van der Waals surface area contributed by atoms with Gasteiger partial charge < -0.3 is 5.32 Å². The molecule has 110 valence electrons. The maximum absolute atomic E-state index is 4.82. The molecule has 3 rings (SSSR count). The van der Waals surface area contributed by atoms with E-state index >= 15 is 0 Å². The van der Waals surface area contributed by atoms with Crippen molar-refractivity contribution in [2.24, 2.45) is 0 Å². The molecule has 21 heavy (non-hydrogen) atoms. The molecule has 1 aromatic carbocycles. The molecule has 0 amide bonds. The lowest BCUT2D eigenvalue weighted by Gasteiger charge is -2.12. The van der Waals surface area contributed by atoms with Gasteiger partial charge in [-0.3, -0.25) is 0 Å². The second kappa shape index (κ2) is 6.50. The van der Waals surface area contributed by atoms with Gasteiger partial charge in [0.1, 0.15) is 5.82 Å². The normalized spacial score (nSPS) is 14.3. The van der Waals surface area contributed by atoms with Gasteiger partial charge in [-0.1, -0.05) is 0 Å². The number of aromatic nitrogens is 2. The number of nitrogens with one attached hydrogen (secondary N) is 1. The summed E-state index contributed by atoms with van der Waals surface area (Å²) in [6.07, 6.45) is 2.48. The topological polar surface area (TPSA) is 37.8 Å². The monoisotopic (exact) mass is 521 g/mol. The van der Waals surface area contributed by atoms with Crippen molar-refractivity contribution in [3.05, 3.63) is 36.4 Å². The number of benzene rings is 1. The standard InChI is InChI=1S/C15H14Br2IN3/c1-2-19-15-12(18)13(8-3-4-8)20-14(21-15)9-5-6-10(16)11(17)7-9/h5-8H,2-4H2,1H3,(H,19,20,21). The summed E-state index contributed by atoms with van der Waals surface area (Å²) >= 11 is 9.41. The predicted octanol–water partition coefficient (Wildman–Crippen LogP) is 5.58. The first-order valence-corrected chi connectivity index (χ1v) is 9.53. The fraction of sp³-hybridized carbons (Fsp3) is 0.333. The Morgan fingerprint density at radius 3 is 2.62 bits per heavy atom. The van der Waals surface area contributed by atoms with Crippen LogP contribution in [0.3, 0.4) is 0 Å². The van der Waals surface area contributed by atoms with Crippen molar-refractivity contribution in [2.75, 3.05) is 11.9 Å². The molecule has 0 saturated heterocycles. The molecule has 0 aliphatic heterocycles. The summed E-state index contributed by atoms with van der Waals surface area (Å²) in [5.74, 6) is 2.35. The highest BCUT2D eigenvalue weighted by molar-refractivity contribution is 14.1. The van der Waals surface area contributed by atoms with Crippen LogP contribution in [-0.4, -0.2) is 16.5 Å². The van der Waals surface area contributed by atoms with Gasteiger partial charge in [-0.15, -0.1) is 0 Å². The molecule has 1 aliphatic carbocycles. The van der Waals surface area contributed by atoms with Crippen LogP contribution in [0.4, 0.5) is 5.82 Å². The van der Waals surface area contributed by atoms with E-state index < -0.39 is 0 Å². The zero-order valence-corrected chi connectivity index (χ0v) is 16.8. The van der Waals surface area contributed by atoms with Crippen LogP contribution in [-0.2, 0) is 0 Å². The van der Waals surface area contributed by atoms with Crippen molar-refractivity contribution >= 4 is 60.3 Å². The van der Waals surface area contributed by atoms with Crippen LogP contribution in [0.25, 0.3) is 11.4 Å². The minimum atomic E-state index is 0.606. The van der Waals surface area contributed by atoms with Crippen molar-refractivity contribution in [1.29, 1.82) is 0 Å². The number of hydrogen-bond acceptors (Lipinski definition) is 3. The van der Waals surface area contributed by atoms with E-state index in [1.165, 1.54) is 18.5 Å². The van der Waals surface area contributed by atoms with Crippen LogP contribution in [0.1, 0.15) is 31.4 Å². The quantitative estimate of drug-likeness (QED) is 0.533. The van der Waals surface area contributed by atoms with Crippen molar-refractivity contribution < 1.29 is 0 Å². The van der Waals surface area contributed by atoms with Crippen LogP contribution in [0, 0.1) is 3.57 Å². The summed E-state index contributed by atoms with van der Waals surface area (Å²) in [7, 11) is 0. The summed E-state index contributed by atoms with van der Waals surface area (Å²) in [4.78, 5) is 9.53. The van der Waals surface area contributed by atoms with E-state index in [2.05, 4.69) is 72.8 Å². The third kappa shape index (κ3) is 3.42. The molecule has 6 heteroatoms. The first-order valence-electron chi connectivity index (χ1n) is 6.87. The lowest BCUT2D eigenvalue weighted by molar-refractivity contribution is 0.972. The Balaban J connectivity index is 2.10. The van der Waals surface area contributed by atoms with Crippen LogP contribution in [0.5, 0.6) is 0 Å². The average Bonchev–Trinajstić information content (AvgIpc) is 3.29. The second-order valence-corrected chi connectivity index (χ2v) is 7.82. The van der Waals surface area contributed by atoms with Crippen LogP contribution >= 0.6 is 54.5 Å². The number of hydrogen-bond donors (Lipinski definition) is 1. The Labute approximate surface area is 154 Å². The van der Waals surface area contributed by atoms with Crippen molar-refractivity contribution in [1.82, 2.24) is 9.97 Å². The molecular weight excluding hydrogens is 509 g/mol. The van der Waals surface area contributed by atoms with Gasteiger partial charge in [0, 0.05) is 27.0 Å². The number of halogens is 3. The maximum Gasteiger partial charge on any atom is 0.161 e. The van der Waals surface area contributed by atoms with Crippen LogP contribution < -0.4 is 5.32 Å². The molecule has 1 heterocycles. The van der Waals surface area contributed by atoms with Crippen molar-refractivity contribution in [3.63, 3.8) is 0 Å². The lowest BCUT2D eigenvalue weighted by Crippen LogP contribution is -2.07. The summed E-state index contributed by atoms with van der Waals surface area (Å²) in [6, 6.07) is 6.12. The number of anilines is 1. The van der Waals surface area contributed by atoms with E-state index in [4.69, 9.17) is 9.97 Å². The van der Waals surface area contributed by atoms with Gasteiger partial charge >= 0.3 is 0 Å². The molecule has 0 spiro atoms. The minimum Gasteiger partial charge on any atom is -0.369 e. The molecular formula is C15H14Br2IN3. The lowest BCUT2D eigenvalue weighted by atomic mass is 10.2. The Morgan fingerprint density at radius 2 is 2.00 bits per heavy atom. The van der Waals surface area contributed by atoms with Crippen LogP contribution in [0.2, 0.25) is 0 Å². The van der Waals surface area contributed by atoms with Crippen molar-refractivity contribution in [3.8, 4) is 11.4 Å². The average molecular weight is 523 g/mol. The van der Waals surface area contributed by atoms with Gasteiger partial charge in [0.2, 0.25) is 0 Å². The largest absolute Gasteiger partial charge is 0.369 e. The zero-order valence-electron chi connectivity index (χ0n) is 11.5. The molecule has 0 radical (unpaired) electrons. The summed E-state index contributed by atoms with van der Waals surface area (Å²) in [5.41, 5.74) is 2.22. The maximum atomic E-state index is 4.82. The van der Waals surface area contributed by atoms with Crippen LogP contribution in [0.15, 0.2) is 27.1 Å². The molecule has 1 aromatic heterocycles. The molecule has 0 unspecified atom stereocenters. The van der Waals surface area contributed by atoms with E-state index in [-0.39, 0.29) is 0 Å². The number of rotatable bonds is 4. The molecule has 3 nitrogen and oxygen atoms in total. The Kier molecular flexibility index (Phi) is 4.85. The van der Waals surface area contributed by atoms with Gasteiger partial charge in [-0.05, 0) is 92.4 Å². The molecule has 2 aromatic rings. The smallest absolute Gasteiger partial charge is 0.161 e. The molecule has 0 atom stereocenters. The van der Waals surface area contributed by atoms with Gasteiger partial charge in [0.15, 0.2) is 5.82 Å². The summed E-state index contributed by atoms with van der Waals surface area (Å²) in [5, 5.41) is 3.36. The molecule has 1 aliphatic rings. The Morgan fingerprint density at radius 1 is 1.24 bits per heavy atom. The fourth-order valence-corrected chi connectivity index (χ4v) is 3.64. The highest BCUT2D eigenvalue weighted by Crippen LogP contribution is 2.43. The SMILES string of the molecule is CCNc1nc(-c2ccc(Br)c(Br)c2)nc(C2CC2)c1I. The molecule has 1 fully saturated rings. The van der Waals surface area contributed by atoms with Gasteiger partial charge in [0.25, 0.3) is 0 Å². The Bertz CT molecular complexity index is 687. The first kappa shape index (κ1) is 15.7. The molecule has 1 saturated carbocycles. The highest BCUT2D eigenvalue weighted by Gasteiger charge is 2.29. The predicted molar refractivity (Wildman–Crippen MR) is 102 cm³/mol. The van der Waals surface area contributed by atoms with E-state index in [9.17, 15) is 0 Å². The van der Waals surface area contributed by atoms with Gasteiger partial charge in [0.05, 0.1) is 9.26 Å².